The van der Waals surface area contributed by atoms with Crippen molar-refractivity contribution in [2.75, 3.05) is 0 Å². The van der Waals surface area contributed by atoms with Crippen LogP contribution in [-0.2, 0) is 5.92 Å². The molecule has 0 saturated heterocycles. The van der Waals surface area contributed by atoms with Crippen LogP contribution in [0.1, 0.15) is 18.1 Å². The standard InChI is InChI=1S/C14H10F5/c1-2-10-11-6-4-3-5-9(11)7-8-12(10)13(15,16)14(17,18)19/h2-8H,1H3. The molecule has 0 nitrogen and oxygen atoms in total. The van der Waals surface area contributed by atoms with Crippen LogP contribution in [0.25, 0.3) is 10.8 Å². The van der Waals surface area contributed by atoms with E-state index >= 15 is 0 Å². The Morgan fingerprint density at radius 1 is 0.895 bits per heavy atom. The van der Waals surface area contributed by atoms with Gasteiger partial charge in [-0.2, -0.15) is 22.0 Å². The first kappa shape index (κ1) is 13.8. The first-order valence-corrected chi connectivity index (χ1v) is 5.55. The number of hydrogen-bond donors (Lipinski definition) is 0. The Morgan fingerprint density at radius 2 is 1.53 bits per heavy atom. The van der Waals surface area contributed by atoms with Crippen molar-refractivity contribution in [3.63, 3.8) is 0 Å². The van der Waals surface area contributed by atoms with E-state index in [0.717, 1.165) is 6.07 Å². The van der Waals surface area contributed by atoms with Crippen molar-refractivity contribution in [3.8, 4) is 0 Å². The van der Waals surface area contributed by atoms with Crippen molar-refractivity contribution in [3.05, 3.63) is 53.9 Å². The maximum atomic E-state index is 13.5. The van der Waals surface area contributed by atoms with Gasteiger partial charge in [-0.3, -0.25) is 0 Å². The number of alkyl halides is 5. The second kappa shape index (κ2) is 4.47. The molecule has 19 heavy (non-hydrogen) atoms. The molecule has 0 fully saturated rings. The highest BCUT2D eigenvalue weighted by Crippen LogP contribution is 2.46. The highest BCUT2D eigenvalue weighted by atomic mass is 19.4. The summed E-state index contributed by atoms with van der Waals surface area (Å²) in [6, 6.07) is 8.61. The van der Waals surface area contributed by atoms with E-state index in [1.54, 1.807) is 18.2 Å². The minimum atomic E-state index is -5.60. The SMILES string of the molecule is C[CH]c1c(C(F)(F)C(F)(F)F)ccc2ccccc12. The number of halogens is 5. The van der Waals surface area contributed by atoms with Crippen LogP contribution < -0.4 is 0 Å². The van der Waals surface area contributed by atoms with Gasteiger partial charge in [0.1, 0.15) is 0 Å². The summed E-state index contributed by atoms with van der Waals surface area (Å²) in [5, 5.41) is 1.00. The van der Waals surface area contributed by atoms with Gasteiger partial charge >= 0.3 is 12.1 Å². The van der Waals surface area contributed by atoms with E-state index in [0.29, 0.717) is 10.8 Å². The second-order valence-corrected chi connectivity index (χ2v) is 4.11. The van der Waals surface area contributed by atoms with E-state index in [1.165, 1.54) is 25.5 Å². The monoisotopic (exact) mass is 273 g/mol. The Balaban J connectivity index is 2.75. The van der Waals surface area contributed by atoms with Crippen molar-refractivity contribution in [2.45, 2.75) is 19.0 Å². The molecule has 0 bridgehead atoms. The van der Waals surface area contributed by atoms with E-state index in [2.05, 4.69) is 0 Å². The van der Waals surface area contributed by atoms with Crippen molar-refractivity contribution in [2.24, 2.45) is 0 Å². The Bertz CT molecular complexity index is 598. The first-order valence-electron chi connectivity index (χ1n) is 5.55. The molecular weight excluding hydrogens is 263 g/mol. The van der Waals surface area contributed by atoms with Crippen LogP contribution >= 0.6 is 0 Å². The lowest BCUT2D eigenvalue weighted by molar-refractivity contribution is -0.289. The molecule has 0 aliphatic rings. The number of fused-ring (bicyclic) bond motifs is 1. The fourth-order valence-electron chi connectivity index (χ4n) is 2.03. The van der Waals surface area contributed by atoms with Crippen LogP contribution in [0.5, 0.6) is 0 Å². The molecule has 0 saturated carbocycles. The normalized spacial score (nSPS) is 12.9. The molecule has 0 amide bonds. The summed E-state index contributed by atoms with van der Waals surface area (Å²) < 4.78 is 64.4. The van der Waals surface area contributed by atoms with Gasteiger partial charge in [0.15, 0.2) is 0 Å². The van der Waals surface area contributed by atoms with Crippen LogP contribution in [0.4, 0.5) is 22.0 Å². The van der Waals surface area contributed by atoms with E-state index in [9.17, 15) is 22.0 Å². The molecule has 0 aliphatic heterocycles. The van der Waals surface area contributed by atoms with Crippen molar-refractivity contribution < 1.29 is 22.0 Å². The zero-order chi connectivity index (χ0) is 14.3. The third-order valence-corrected chi connectivity index (χ3v) is 2.95. The van der Waals surface area contributed by atoms with E-state index in [-0.39, 0.29) is 5.56 Å². The van der Waals surface area contributed by atoms with Crippen LogP contribution in [0.15, 0.2) is 36.4 Å². The zero-order valence-corrected chi connectivity index (χ0v) is 9.93. The Kier molecular flexibility index (Phi) is 3.24. The number of benzene rings is 2. The lowest BCUT2D eigenvalue weighted by Crippen LogP contribution is -2.34. The fraction of sp³-hybridized carbons (Fsp3) is 0.214. The van der Waals surface area contributed by atoms with Gasteiger partial charge in [-0.05, 0) is 22.8 Å². The van der Waals surface area contributed by atoms with Crippen LogP contribution in [0, 0.1) is 6.42 Å². The van der Waals surface area contributed by atoms with Crippen LogP contribution in [-0.4, -0.2) is 6.18 Å². The molecule has 101 valence electrons. The topological polar surface area (TPSA) is 0 Å². The first-order chi connectivity index (χ1) is 8.79. The average molecular weight is 273 g/mol. The summed E-state index contributed by atoms with van der Waals surface area (Å²) in [6.45, 7) is 1.44. The molecule has 1 radical (unpaired) electrons. The van der Waals surface area contributed by atoms with Gasteiger partial charge in [-0.15, -0.1) is 0 Å². The Hall–Kier alpha value is -1.65. The minimum absolute atomic E-state index is 0.0829. The van der Waals surface area contributed by atoms with Gasteiger partial charge in [-0.25, -0.2) is 0 Å². The predicted octanol–water partition coefficient (Wildman–Crippen LogP) is 5.07. The van der Waals surface area contributed by atoms with Gasteiger partial charge in [-0.1, -0.05) is 43.3 Å². The lowest BCUT2D eigenvalue weighted by Gasteiger charge is -2.23. The molecule has 0 atom stereocenters. The van der Waals surface area contributed by atoms with E-state index < -0.39 is 17.7 Å². The largest absolute Gasteiger partial charge is 0.458 e. The minimum Gasteiger partial charge on any atom is -0.191 e. The summed E-state index contributed by atoms with van der Waals surface area (Å²) in [7, 11) is 0. The van der Waals surface area contributed by atoms with Crippen molar-refractivity contribution >= 4 is 10.8 Å². The molecule has 5 heteroatoms. The van der Waals surface area contributed by atoms with Gasteiger partial charge in [0, 0.05) is 5.56 Å². The molecule has 0 N–H and O–H groups in total. The molecule has 0 spiro atoms. The van der Waals surface area contributed by atoms with Gasteiger partial charge < -0.3 is 0 Å². The molecule has 0 heterocycles. The summed E-state index contributed by atoms with van der Waals surface area (Å²) >= 11 is 0. The smallest absolute Gasteiger partial charge is 0.191 e. The lowest BCUT2D eigenvalue weighted by atomic mass is 9.93. The third-order valence-electron chi connectivity index (χ3n) is 2.95. The third kappa shape index (κ3) is 2.17. The van der Waals surface area contributed by atoms with Gasteiger partial charge in [0.05, 0.1) is 0 Å². The van der Waals surface area contributed by atoms with Gasteiger partial charge in [0.2, 0.25) is 0 Å². The average Bonchev–Trinajstić information content (AvgIpc) is 2.35. The molecule has 0 unspecified atom stereocenters. The molecule has 2 aromatic carbocycles. The molecule has 0 aromatic heterocycles. The maximum absolute atomic E-state index is 13.5. The molecule has 2 aromatic rings. The molecular formula is C14H10F5. The summed E-state index contributed by atoms with van der Waals surface area (Å²) in [5.41, 5.74) is -1.10. The predicted molar refractivity (Wildman–Crippen MR) is 63.0 cm³/mol. The second-order valence-electron chi connectivity index (χ2n) is 4.11. The highest BCUT2D eigenvalue weighted by Gasteiger charge is 2.59. The molecule has 2 rings (SSSR count). The Labute approximate surface area is 106 Å². The van der Waals surface area contributed by atoms with Gasteiger partial charge in [0.25, 0.3) is 0 Å². The maximum Gasteiger partial charge on any atom is 0.458 e. The van der Waals surface area contributed by atoms with Crippen LogP contribution in [0.3, 0.4) is 0 Å². The van der Waals surface area contributed by atoms with Crippen molar-refractivity contribution in [1.29, 1.82) is 0 Å². The van der Waals surface area contributed by atoms with Crippen molar-refractivity contribution in [1.82, 2.24) is 0 Å². The summed E-state index contributed by atoms with van der Waals surface area (Å²) in [5.74, 6) is -4.86. The highest BCUT2D eigenvalue weighted by molar-refractivity contribution is 5.88. The van der Waals surface area contributed by atoms with Crippen LogP contribution in [0.2, 0.25) is 0 Å². The Morgan fingerprint density at radius 3 is 2.11 bits per heavy atom. The fourth-order valence-corrected chi connectivity index (χ4v) is 2.03. The quantitative estimate of drug-likeness (QED) is 0.670. The number of hydrogen-bond acceptors (Lipinski definition) is 0. The van der Waals surface area contributed by atoms with E-state index in [4.69, 9.17) is 0 Å². The number of rotatable bonds is 2. The molecule has 0 aliphatic carbocycles. The van der Waals surface area contributed by atoms with E-state index in [1.807, 2.05) is 0 Å². The summed E-state index contributed by atoms with van der Waals surface area (Å²) in [4.78, 5) is 0. The zero-order valence-electron chi connectivity index (χ0n) is 9.93. The summed E-state index contributed by atoms with van der Waals surface area (Å²) in [6.07, 6.45) is -4.33.